The largest absolute Gasteiger partial charge is 0.356 e. The predicted octanol–water partition coefficient (Wildman–Crippen LogP) is 1.60. The SMILES string of the molecule is CCCC(CN)C(=O)NCCCN1CCC(C)CC1. The molecular weight excluding hydrogens is 238 g/mol. The third kappa shape index (κ3) is 6.39. The maximum Gasteiger partial charge on any atom is 0.224 e. The smallest absolute Gasteiger partial charge is 0.224 e. The van der Waals surface area contributed by atoms with Crippen LogP contribution >= 0.6 is 0 Å². The molecule has 1 aliphatic rings. The van der Waals surface area contributed by atoms with Gasteiger partial charge in [-0.15, -0.1) is 0 Å². The first-order valence-electron chi connectivity index (χ1n) is 7.87. The van der Waals surface area contributed by atoms with E-state index in [9.17, 15) is 4.79 Å². The Hall–Kier alpha value is -0.610. The monoisotopic (exact) mass is 269 g/mol. The van der Waals surface area contributed by atoms with Crippen LogP contribution in [0.2, 0.25) is 0 Å². The van der Waals surface area contributed by atoms with Crippen molar-refractivity contribution in [1.29, 1.82) is 0 Å². The molecule has 0 bridgehead atoms. The number of nitrogens with one attached hydrogen (secondary N) is 1. The van der Waals surface area contributed by atoms with Gasteiger partial charge in [0.25, 0.3) is 0 Å². The molecule has 1 amide bonds. The maximum absolute atomic E-state index is 11.9. The van der Waals surface area contributed by atoms with E-state index in [1.807, 2.05) is 0 Å². The standard InChI is InChI=1S/C15H31N3O/c1-3-5-14(12-16)15(19)17-8-4-9-18-10-6-13(2)7-11-18/h13-14H,3-12,16H2,1-2H3,(H,17,19). The Bertz CT molecular complexity index is 250. The molecule has 0 saturated carbocycles. The zero-order valence-electron chi connectivity index (χ0n) is 12.7. The molecule has 1 aliphatic heterocycles. The van der Waals surface area contributed by atoms with Gasteiger partial charge in [-0.05, 0) is 51.2 Å². The van der Waals surface area contributed by atoms with Crippen LogP contribution in [0.15, 0.2) is 0 Å². The number of likely N-dealkylation sites (tertiary alicyclic amines) is 1. The van der Waals surface area contributed by atoms with Crippen LogP contribution in [0.1, 0.15) is 46.0 Å². The summed E-state index contributed by atoms with van der Waals surface area (Å²) in [5.74, 6) is 1.02. The minimum Gasteiger partial charge on any atom is -0.356 e. The van der Waals surface area contributed by atoms with Crippen molar-refractivity contribution in [2.24, 2.45) is 17.6 Å². The Morgan fingerprint density at radius 3 is 2.68 bits per heavy atom. The van der Waals surface area contributed by atoms with Gasteiger partial charge in [0.05, 0.1) is 5.92 Å². The fourth-order valence-corrected chi connectivity index (χ4v) is 2.65. The molecule has 0 aromatic rings. The fraction of sp³-hybridized carbons (Fsp3) is 0.933. The van der Waals surface area contributed by atoms with Gasteiger partial charge in [-0.2, -0.15) is 0 Å². The Labute approximate surface area is 118 Å². The number of amides is 1. The summed E-state index contributed by atoms with van der Waals surface area (Å²) in [5, 5.41) is 3.02. The molecule has 1 unspecified atom stereocenters. The van der Waals surface area contributed by atoms with E-state index in [1.165, 1.54) is 25.9 Å². The summed E-state index contributed by atoms with van der Waals surface area (Å²) >= 11 is 0. The number of carbonyl (C=O) groups is 1. The van der Waals surface area contributed by atoms with Crippen molar-refractivity contribution in [2.75, 3.05) is 32.7 Å². The topological polar surface area (TPSA) is 58.4 Å². The second-order valence-corrected chi connectivity index (χ2v) is 5.89. The lowest BCUT2D eigenvalue weighted by molar-refractivity contribution is -0.124. The van der Waals surface area contributed by atoms with Gasteiger partial charge in [-0.1, -0.05) is 20.3 Å². The Kier molecular flexibility index (Phi) is 8.07. The number of rotatable bonds is 8. The highest BCUT2D eigenvalue weighted by Crippen LogP contribution is 2.15. The lowest BCUT2D eigenvalue weighted by atomic mass is 9.99. The first-order chi connectivity index (χ1) is 9.17. The molecule has 0 spiro atoms. The van der Waals surface area contributed by atoms with Gasteiger partial charge in [0.2, 0.25) is 5.91 Å². The average Bonchev–Trinajstić information content (AvgIpc) is 2.42. The van der Waals surface area contributed by atoms with E-state index in [4.69, 9.17) is 5.73 Å². The normalized spacial score (nSPS) is 19.3. The third-order valence-corrected chi connectivity index (χ3v) is 4.12. The highest BCUT2D eigenvalue weighted by molar-refractivity contribution is 5.78. The van der Waals surface area contributed by atoms with Gasteiger partial charge < -0.3 is 16.0 Å². The van der Waals surface area contributed by atoms with Crippen molar-refractivity contribution in [3.05, 3.63) is 0 Å². The number of nitrogens with zero attached hydrogens (tertiary/aromatic N) is 1. The van der Waals surface area contributed by atoms with Crippen molar-refractivity contribution in [2.45, 2.75) is 46.0 Å². The molecule has 0 aromatic heterocycles. The molecule has 0 aromatic carbocycles. The number of hydrogen-bond donors (Lipinski definition) is 2. The number of nitrogens with two attached hydrogens (primary N) is 1. The summed E-state index contributed by atoms with van der Waals surface area (Å²) < 4.78 is 0. The van der Waals surface area contributed by atoms with Crippen LogP contribution < -0.4 is 11.1 Å². The second-order valence-electron chi connectivity index (χ2n) is 5.89. The van der Waals surface area contributed by atoms with Crippen LogP contribution in [0, 0.1) is 11.8 Å². The van der Waals surface area contributed by atoms with Gasteiger partial charge in [-0.3, -0.25) is 4.79 Å². The van der Waals surface area contributed by atoms with Crippen molar-refractivity contribution in [3.8, 4) is 0 Å². The summed E-state index contributed by atoms with van der Waals surface area (Å²) in [6.45, 7) is 9.21. The molecule has 112 valence electrons. The highest BCUT2D eigenvalue weighted by atomic mass is 16.1. The second kappa shape index (κ2) is 9.32. The van der Waals surface area contributed by atoms with Crippen LogP contribution in [0.3, 0.4) is 0 Å². The van der Waals surface area contributed by atoms with Crippen molar-refractivity contribution < 1.29 is 4.79 Å². The quantitative estimate of drug-likeness (QED) is 0.658. The minimum absolute atomic E-state index is 0.000774. The lowest BCUT2D eigenvalue weighted by Crippen LogP contribution is -2.38. The summed E-state index contributed by atoms with van der Waals surface area (Å²) in [4.78, 5) is 14.4. The molecule has 4 heteroatoms. The van der Waals surface area contributed by atoms with Crippen molar-refractivity contribution in [1.82, 2.24) is 10.2 Å². The van der Waals surface area contributed by atoms with Crippen LogP contribution in [0.4, 0.5) is 0 Å². The van der Waals surface area contributed by atoms with E-state index in [1.54, 1.807) is 0 Å². The van der Waals surface area contributed by atoms with E-state index in [-0.39, 0.29) is 11.8 Å². The van der Waals surface area contributed by atoms with Crippen LogP contribution in [0.25, 0.3) is 0 Å². The van der Waals surface area contributed by atoms with E-state index >= 15 is 0 Å². The Balaban J connectivity index is 2.08. The number of piperidine rings is 1. The van der Waals surface area contributed by atoms with Gasteiger partial charge in [0, 0.05) is 13.1 Å². The van der Waals surface area contributed by atoms with Crippen molar-refractivity contribution in [3.63, 3.8) is 0 Å². The summed E-state index contributed by atoms with van der Waals surface area (Å²) in [5.41, 5.74) is 5.62. The van der Waals surface area contributed by atoms with E-state index in [2.05, 4.69) is 24.1 Å². The zero-order valence-corrected chi connectivity index (χ0v) is 12.7. The van der Waals surface area contributed by atoms with Gasteiger partial charge in [-0.25, -0.2) is 0 Å². The highest BCUT2D eigenvalue weighted by Gasteiger charge is 2.16. The van der Waals surface area contributed by atoms with Crippen LogP contribution in [-0.4, -0.2) is 43.5 Å². The zero-order chi connectivity index (χ0) is 14.1. The van der Waals surface area contributed by atoms with E-state index < -0.39 is 0 Å². The predicted molar refractivity (Wildman–Crippen MR) is 79.9 cm³/mol. The summed E-state index contributed by atoms with van der Waals surface area (Å²) in [6, 6.07) is 0. The average molecular weight is 269 g/mol. The Morgan fingerprint density at radius 1 is 1.42 bits per heavy atom. The molecule has 1 rings (SSSR count). The molecule has 0 aliphatic carbocycles. The molecule has 1 fully saturated rings. The van der Waals surface area contributed by atoms with Gasteiger partial charge in [0.1, 0.15) is 0 Å². The molecule has 4 nitrogen and oxygen atoms in total. The third-order valence-electron chi connectivity index (χ3n) is 4.12. The molecule has 1 atom stereocenters. The molecule has 3 N–H and O–H groups in total. The van der Waals surface area contributed by atoms with Gasteiger partial charge >= 0.3 is 0 Å². The number of carbonyl (C=O) groups excluding carboxylic acids is 1. The first kappa shape index (κ1) is 16.4. The fourth-order valence-electron chi connectivity index (χ4n) is 2.65. The first-order valence-corrected chi connectivity index (χ1v) is 7.87. The van der Waals surface area contributed by atoms with Gasteiger partial charge in [0.15, 0.2) is 0 Å². The molecule has 19 heavy (non-hydrogen) atoms. The maximum atomic E-state index is 11.9. The van der Waals surface area contributed by atoms with Crippen molar-refractivity contribution >= 4 is 5.91 Å². The summed E-state index contributed by atoms with van der Waals surface area (Å²) in [7, 11) is 0. The molecule has 1 saturated heterocycles. The minimum atomic E-state index is 0.000774. The molecule has 0 radical (unpaired) electrons. The Morgan fingerprint density at radius 2 is 2.11 bits per heavy atom. The number of hydrogen-bond acceptors (Lipinski definition) is 3. The van der Waals surface area contributed by atoms with Crippen LogP contribution in [0.5, 0.6) is 0 Å². The summed E-state index contributed by atoms with van der Waals surface area (Å²) in [6.07, 6.45) is 5.59. The molecular formula is C15H31N3O. The van der Waals surface area contributed by atoms with Crippen LogP contribution in [-0.2, 0) is 4.79 Å². The lowest BCUT2D eigenvalue weighted by Gasteiger charge is -2.30. The van der Waals surface area contributed by atoms with E-state index in [0.29, 0.717) is 6.54 Å². The molecule has 1 heterocycles. The van der Waals surface area contributed by atoms with E-state index in [0.717, 1.165) is 38.3 Å².